The third-order valence-corrected chi connectivity index (χ3v) is 5.29. The quantitative estimate of drug-likeness (QED) is 0.505. The van der Waals surface area contributed by atoms with E-state index >= 15 is 0 Å². The van der Waals surface area contributed by atoms with Crippen molar-refractivity contribution in [2.75, 3.05) is 24.8 Å². The van der Waals surface area contributed by atoms with Gasteiger partial charge in [-0.2, -0.15) is 0 Å². The van der Waals surface area contributed by atoms with Crippen LogP contribution in [0.15, 0.2) is 47.4 Å². The molecule has 1 aliphatic rings. The first kappa shape index (κ1) is 20.3. The highest BCUT2D eigenvalue weighted by atomic mass is 16.7. The van der Waals surface area contributed by atoms with Gasteiger partial charge in [0.1, 0.15) is 5.65 Å². The number of rotatable bonds is 8. The maximum absolute atomic E-state index is 12.9. The summed E-state index contributed by atoms with van der Waals surface area (Å²) in [6.45, 7) is 8.84. The fourth-order valence-electron chi connectivity index (χ4n) is 3.80. The summed E-state index contributed by atoms with van der Waals surface area (Å²) in [7, 11) is 0. The molecule has 30 heavy (non-hydrogen) atoms. The van der Waals surface area contributed by atoms with Gasteiger partial charge in [0.25, 0.3) is 5.56 Å². The van der Waals surface area contributed by atoms with Gasteiger partial charge in [0.2, 0.25) is 6.79 Å². The number of aromatic nitrogens is 2. The number of pyridine rings is 1. The van der Waals surface area contributed by atoms with E-state index in [-0.39, 0.29) is 12.4 Å². The molecule has 0 fully saturated rings. The minimum absolute atomic E-state index is 0.0902. The molecule has 1 aromatic carbocycles. The van der Waals surface area contributed by atoms with Gasteiger partial charge in [-0.15, -0.1) is 0 Å². The highest BCUT2D eigenvalue weighted by Crippen LogP contribution is 2.35. The fourth-order valence-corrected chi connectivity index (χ4v) is 3.80. The molecule has 1 aliphatic heterocycles. The second kappa shape index (κ2) is 8.78. The van der Waals surface area contributed by atoms with E-state index in [9.17, 15) is 4.79 Å². The lowest BCUT2D eigenvalue weighted by Crippen LogP contribution is -2.29. The molecular formula is C24H29N3O3. The van der Waals surface area contributed by atoms with Gasteiger partial charge in [0, 0.05) is 30.9 Å². The minimum atomic E-state index is -0.0902. The van der Waals surface area contributed by atoms with E-state index < -0.39 is 0 Å². The number of benzene rings is 1. The predicted octanol–water partition coefficient (Wildman–Crippen LogP) is 4.74. The van der Waals surface area contributed by atoms with E-state index in [0.717, 1.165) is 30.8 Å². The third-order valence-electron chi connectivity index (χ3n) is 5.29. The van der Waals surface area contributed by atoms with E-state index in [1.807, 2.05) is 30.5 Å². The summed E-state index contributed by atoms with van der Waals surface area (Å²) in [6, 6.07) is 11.2. The molecule has 3 aromatic rings. The molecule has 6 heteroatoms. The topological polar surface area (TPSA) is 56.1 Å². The van der Waals surface area contributed by atoms with Crippen molar-refractivity contribution in [1.82, 2.24) is 9.38 Å². The Kier molecular flexibility index (Phi) is 5.93. The minimum Gasteiger partial charge on any atom is -0.454 e. The number of hydrogen-bond donors (Lipinski definition) is 0. The average molecular weight is 408 g/mol. The second-order valence-electron chi connectivity index (χ2n) is 8.21. The Bertz CT molecular complexity index is 1090. The molecule has 0 bridgehead atoms. The van der Waals surface area contributed by atoms with Crippen molar-refractivity contribution in [2.24, 2.45) is 5.92 Å². The number of fused-ring (bicyclic) bond motifs is 2. The molecular weight excluding hydrogens is 378 g/mol. The van der Waals surface area contributed by atoms with Gasteiger partial charge in [-0.1, -0.05) is 33.6 Å². The van der Waals surface area contributed by atoms with Gasteiger partial charge < -0.3 is 14.4 Å². The largest absolute Gasteiger partial charge is 0.454 e. The number of nitrogens with zero attached hydrogens (tertiary/aromatic N) is 3. The van der Waals surface area contributed by atoms with Gasteiger partial charge in [-0.05, 0) is 42.7 Å². The molecule has 0 radical (unpaired) electrons. The van der Waals surface area contributed by atoms with Crippen molar-refractivity contribution >= 4 is 11.3 Å². The lowest BCUT2D eigenvalue weighted by atomic mass is 10.1. The average Bonchev–Trinajstić information content (AvgIpc) is 3.20. The molecule has 2 aromatic heterocycles. The highest BCUT2D eigenvalue weighted by molar-refractivity contribution is 5.66. The van der Waals surface area contributed by atoms with Gasteiger partial charge >= 0.3 is 0 Å². The van der Waals surface area contributed by atoms with Crippen LogP contribution < -0.4 is 19.9 Å². The Morgan fingerprint density at radius 2 is 1.93 bits per heavy atom. The van der Waals surface area contributed by atoms with Crippen LogP contribution in [0.1, 0.15) is 40.0 Å². The zero-order chi connectivity index (χ0) is 21.1. The van der Waals surface area contributed by atoms with Crippen molar-refractivity contribution in [1.29, 1.82) is 0 Å². The molecule has 0 saturated heterocycles. The second-order valence-corrected chi connectivity index (χ2v) is 8.21. The first-order chi connectivity index (χ1) is 14.5. The number of anilines is 1. The summed E-state index contributed by atoms with van der Waals surface area (Å²) in [5.41, 5.74) is 3.08. The predicted molar refractivity (Wildman–Crippen MR) is 120 cm³/mol. The van der Waals surface area contributed by atoms with Gasteiger partial charge in [-0.3, -0.25) is 9.20 Å². The Morgan fingerprint density at radius 3 is 2.73 bits per heavy atom. The Labute approximate surface area is 177 Å². The maximum Gasteiger partial charge on any atom is 0.258 e. The first-order valence-electron chi connectivity index (χ1n) is 10.7. The molecule has 6 nitrogen and oxygen atoms in total. The molecule has 0 saturated carbocycles. The van der Waals surface area contributed by atoms with Crippen LogP contribution in [0.25, 0.3) is 16.9 Å². The van der Waals surface area contributed by atoms with Crippen molar-refractivity contribution in [3.05, 3.63) is 52.9 Å². The molecule has 0 aliphatic carbocycles. The summed E-state index contributed by atoms with van der Waals surface area (Å²) < 4.78 is 12.5. The summed E-state index contributed by atoms with van der Waals surface area (Å²) in [6.07, 6.45) is 5.47. The van der Waals surface area contributed by atoms with Crippen molar-refractivity contribution in [2.45, 2.75) is 40.0 Å². The standard InChI is InChI=1S/C24H29N3O3/c1-4-5-6-11-26(14-17(2)3)19-8-10-23-25-20(13-24(28)27(23)15-19)18-7-9-21-22(12-18)30-16-29-21/h7-10,12-13,15,17H,4-6,11,14,16H2,1-3H3. The summed E-state index contributed by atoms with van der Waals surface area (Å²) in [5.74, 6) is 1.95. The Hall–Kier alpha value is -3.02. The van der Waals surface area contributed by atoms with Crippen LogP contribution in [0, 0.1) is 5.92 Å². The lowest BCUT2D eigenvalue weighted by molar-refractivity contribution is 0.174. The van der Waals surface area contributed by atoms with Crippen LogP contribution >= 0.6 is 0 Å². The van der Waals surface area contributed by atoms with Crippen LogP contribution in [-0.4, -0.2) is 29.3 Å². The SMILES string of the molecule is CCCCCN(CC(C)C)c1ccc2nc(-c3ccc4c(c3)OCO4)cc(=O)n2c1. The molecule has 3 heterocycles. The van der Waals surface area contributed by atoms with Gasteiger partial charge in [-0.25, -0.2) is 4.98 Å². The maximum atomic E-state index is 12.9. The molecule has 0 N–H and O–H groups in total. The van der Waals surface area contributed by atoms with E-state index in [2.05, 4.69) is 31.7 Å². The Balaban J connectivity index is 1.67. The van der Waals surface area contributed by atoms with Crippen LogP contribution in [0.4, 0.5) is 5.69 Å². The van der Waals surface area contributed by atoms with Crippen LogP contribution in [-0.2, 0) is 0 Å². The highest BCUT2D eigenvalue weighted by Gasteiger charge is 2.16. The number of ether oxygens (including phenoxy) is 2. The molecule has 0 atom stereocenters. The smallest absolute Gasteiger partial charge is 0.258 e. The summed E-state index contributed by atoms with van der Waals surface area (Å²) in [5, 5.41) is 0. The van der Waals surface area contributed by atoms with Crippen molar-refractivity contribution < 1.29 is 9.47 Å². The third kappa shape index (κ3) is 4.27. The number of hydrogen-bond acceptors (Lipinski definition) is 5. The van der Waals surface area contributed by atoms with Crippen molar-refractivity contribution in [3.63, 3.8) is 0 Å². The lowest BCUT2D eigenvalue weighted by Gasteiger charge is -2.27. The van der Waals surface area contributed by atoms with Gasteiger partial charge in [0.15, 0.2) is 11.5 Å². The van der Waals surface area contributed by atoms with Gasteiger partial charge in [0.05, 0.1) is 11.4 Å². The zero-order valence-electron chi connectivity index (χ0n) is 17.9. The summed E-state index contributed by atoms with van der Waals surface area (Å²) >= 11 is 0. The molecule has 4 rings (SSSR count). The van der Waals surface area contributed by atoms with Crippen LogP contribution in [0.3, 0.4) is 0 Å². The molecule has 0 amide bonds. The van der Waals surface area contributed by atoms with Crippen LogP contribution in [0.2, 0.25) is 0 Å². The summed E-state index contributed by atoms with van der Waals surface area (Å²) in [4.78, 5) is 20.0. The van der Waals surface area contributed by atoms with Crippen molar-refractivity contribution in [3.8, 4) is 22.8 Å². The monoisotopic (exact) mass is 407 g/mol. The van der Waals surface area contributed by atoms with E-state index in [1.54, 1.807) is 10.5 Å². The fraction of sp³-hybridized carbons (Fsp3) is 0.417. The Morgan fingerprint density at radius 1 is 1.10 bits per heavy atom. The first-order valence-corrected chi connectivity index (χ1v) is 10.7. The van der Waals surface area contributed by atoms with E-state index in [0.29, 0.717) is 28.8 Å². The normalized spacial score (nSPS) is 12.7. The van der Waals surface area contributed by atoms with Crippen LogP contribution in [0.5, 0.6) is 11.5 Å². The number of unbranched alkanes of at least 4 members (excludes halogenated alkanes) is 2. The zero-order valence-corrected chi connectivity index (χ0v) is 17.9. The molecule has 0 spiro atoms. The molecule has 0 unspecified atom stereocenters. The van der Waals surface area contributed by atoms with E-state index in [4.69, 9.17) is 14.5 Å². The van der Waals surface area contributed by atoms with E-state index in [1.165, 1.54) is 12.8 Å². The molecule has 158 valence electrons.